The second kappa shape index (κ2) is 9.80. The Labute approximate surface area is 167 Å². The monoisotopic (exact) mass is 427 g/mol. The predicted molar refractivity (Wildman–Crippen MR) is 105 cm³/mol. The minimum Gasteiger partial charge on any atom is -0.336 e. The highest BCUT2D eigenvalue weighted by atomic mass is 35.5. The summed E-state index contributed by atoms with van der Waals surface area (Å²) < 4.78 is 0. The highest BCUT2D eigenvalue weighted by Crippen LogP contribution is 2.32. The summed E-state index contributed by atoms with van der Waals surface area (Å²) >= 11 is 13.5. The second-order valence-electron chi connectivity index (χ2n) is 5.06. The molecule has 24 heavy (non-hydrogen) atoms. The quantitative estimate of drug-likeness (QED) is 0.770. The number of hydrogen-bond donors (Lipinski definition) is 1. The Balaban J connectivity index is 0.00000144. The average molecular weight is 429 g/mol. The molecule has 1 aliphatic heterocycles. The van der Waals surface area contributed by atoms with Crippen LogP contribution in [0.5, 0.6) is 0 Å². The van der Waals surface area contributed by atoms with Crippen LogP contribution in [0.4, 0.5) is 0 Å². The second-order valence-corrected chi connectivity index (χ2v) is 6.76. The van der Waals surface area contributed by atoms with Crippen LogP contribution in [0.25, 0.3) is 10.6 Å². The van der Waals surface area contributed by atoms with E-state index in [9.17, 15) is 4.79 Å². The Bertz CT molecular complexity index is 687. The summed E-state index contributed by atoms with van der Waals surface area (Å²) in [5.41, 5.74) is 1.28. The molecule has 0 spiro atoms. The van der Waals surface area contributed by atoms with Gasteiger partial charge in [0, 0.05) is 35.6 Å². The van der Waals surface area contributed by atoms with Gasteiger partial charge in [-0.2, -0.15) is 0 Å². The molecule has 1 aromatic carbocycles. The third-order valence-corrected chi connectivity index (χ3v) is 4.94. The zero-order valence-electron chi connectivity index (χ0n) is 12.6. The van der Waals surface area contributed by atoms with Gasteiger partial charge in [-0.25, -0.2) is 4.98 Å². The van der Waals surface area contributed by atoms with Crippen molar-refractivity contribution in [2.75, 3.05) is 26.2 Å². The molecule has 0 aliphatic carbocycles. The minimum atomic E-state index is -0.0173. The van der Waals surface area contributed by atoms with Crippen LogP contribution in [-0.2, 0) is 0 Å². The van der Waals surface area contributed by atoms with E-state index in [1.165, 1.54) is 11.3 Å². The van der Waals surface area contributed by atoms with Gasteiger partial charge in [-0.3, -0.25) is 4.79 Å². The molecule has 2 heterocycles. The number of halogens is 4. The Kier molecular flexibility index (Phi) is 8.77. The highest BCUT2D eigenvalue weighted by molar-refractivity contribution is 7.13. The molecule has 0 bridgehead atoms. The molecule has 1 N–H and O–H groups in total. The minimum absolute atomic E-state index is 0. The van der Waals surface area contributed by atoms with Crippen molar-refractivity contribution in [3.63, 3.8) is 0 Å². The summed E-state index contributed by atoms with van der Waals surface area (Å²) in [7, 11) is 0. The van der Waals surface area contributed by atoms with E-state index in [0.717, 1.165) is 36.6 Å². The standard InChI is InChI=1S/C15H15Cl2N3OS.2ClH/c16-10-2-3-11(12(17)8-10)14-19-13(9-22-14)15(21)20-6-1-4-18-5-7-20;;/h2-3,8-9,18H,1,4-7H2;2*1H. The van der Waals surface area contributed by atoms with Gasteiger partial charge < -0.3 is 10.2 Å². The smallest absolute Gasteiger partial charge is 0.273 e. The summed E-state index contributed by atoms with van der Waals surface area (Å²) in [4.78, 5) is 18.8. The van der Waals surface area contributed by atoms with Crippen molar-refractivity contribution in [3.8, 4) is 10.6 Å². The molecular weight excluding hydrogens is 412 g/mol. The lowest BCUT2D eigenvalue weighted by Crippen LogP contribution is -2.34. The first-order valence-corrected chi connectivity index (χ1v) is 8.69. The van der Waals surface area contributed by atoms with Gasteiger partial charge in [0.1, 0.15) is 10.7 Å². The number of amides is 1. The van der Waals surface area contributed by atoms with Gasteiger partial charge in [0.25, 0.3) is 5.91 Å². The first-order chi connectivity index (χ1) is 10.6. The van der Waals surface area contributed by atoms with E-state index in [0.29, 0.717) is 22.3 Å². The molecule has 4 nitrogen and oxygen atoms in total. The molecule has 1 fully saturated rings. The molecule has 1 saturated heterocycles. The van der Waals surface area contributed by atoms with Crippen molar-refractivity contribution in [3.05, 3.63) is 39.3 Å². The van der Waals surface area contributed by atoms with E-state index in [4.69, 9.17) is 23.2 Å². The first kappa shape index (κ1) is 21.5. The van der Waals surface area contributed by atoms with Crippen LogP contribution in [-0.4, -0.2) is 42.0 Å². The number of carbonyl (C=O) groups is 1. The number of aromatic nitrogens is 1. The van der Waals surface area contributed by atoms with Crippen molar-refractivity contribution in [1.82, 2.24) is 15.2 Å². The van der Waals surface area contributed by atoms with Crippen LogP contribution in [0.1, 0.15) is 16.9 Å². The van der Waals surface area contributed by atoms with Crippen molar-refractivity contribution >= 4 is 65.3 Å². The van der Waals surface area contributed by atoms with E-state index in [1.54, 1.807) is 17.5 Å². The normalized spacial score (nSPS) is 14.3. The summed E-state index contributed by atoms with van der Waals surface area (Å²) in [6.07, 6.45) is 0.964. The molecule has 1 amide bonds. The number of thiazole rings is 1. The SMILES string of the molecule is Cl.Cl.O=C(c1csc(-c2ccc(Cl)cc2Cl)n1)N1CCCNCC1. The summed E-state index contributed by atoms with van der Waals surface area (Å²) in [5.74, 6) is -0.0173. The Morgan fingerprint density at radius 1 is 1.21 bits per heavy atom. The fraction of sp³-hybridized carbons (Fsp3) is 0.333. The largest absolute Gasteiger partial charge is 0.336 e. The van der Waals surface area contributed by atoms with E-state index in [-0.39, 0.29) is 30.7 Å². The molecule has 9 heteroatoms. The fourth-order valence-corrected chi connectivity index (χ4v) is 3.76. The summed E-state index contributed by atoms with van der Waals surface area (Å²) in [6.45, 7) is 3.26. The molecule has 3 rings (SSSR count). The van der Waals surface area contributed by atoms with Crippen molar-refractivity contribution in [2.45, 2.75) is 6.42 Å². The topological polar surface area (TPSA) is 45.2 Å². The van der Waals surface area contributed by atoms with E-state index in [2.05, 4.69) is 10.3 Å². The molecule has 0 saturated carbocycles. The molecule has 1 aromatic heterocycles. The van der Waals surface area contributed by atoms with Gasteiger partial charge >= 0.3 is 0 Å². The summed E-state index contributed by atoms with van der Waals surface area (Å²) in [6, 6.07) is 5.28. The number of benzene rings is 1. The number of nitrogens with zero attached hydrogens (tertiary/aromatic N) is 2. The van der Waals surface area contributed by atoms with Crippen LogP contribution in [0.3, 0.4) is 0 Å². The lowest BCUT2D eigenvalue weighted by atomic mass is 10.2. The maximum absolute atomic E-state index is 12.5. The van der Waals surface area contributed by atoms with E-state index < -0.39 is 0 Å². The van der Waals surface area contributed by atoms with Crippen LogP contribution in [0, 0.1) is 0 Å². The van der Waals surface area contributed by atoms with Crippen LogP contribution < -0.4 is 5.32 Å². The fourth-order valence-electron chi connectivity index (χ4n) is 2.37. The molecule has 0 radical (unpaired) electrons. The van der Waals surface area contributed by atoms with Crippen molar-refractivity contribution in [2.24, 2.45) is 0 Å². The van der Waals surface area contributed by atoms with Gasteiger partial charge in [-0.15, -0.1) is 36.2 Å². The zero-order chi connectivity index (χ0) is 15.5. The van der Waals surface area contributed by atoms with Gasteiger partial charge in [0.05, 0.1) is 5.02 Å². The van der Waals surface area contributed by atoms with E-state index in [1.807, 2.05) is 11.0 Å². The molecule has 2 aromatic rings. The van der Waals surface area contributed by atoms with Crippen molar-refractivity contribution in [1.29, 1.82) is 0 Å². The maximum Gasteiger partial charge on any atom is 0.273 e. The average Bonchev–Trinajstić information content (AvgIpc) is 2.81. The van der Waals surface area contributed by atoms with Gasteiger partial charge in [0.15, 0.2) is 0 Å². The third kappa shape index (κ3) is 4.97. The molecule has 1 aliphatic rings. The van der Waals surface area contributed by atoms with Crippen LogP contribution in [0.2, 0.25) is 10.0 Å². The number of nitrogens with one attached hydrogen (secondary N) is 1. The lowest BCUT2D eigenvalue weighted by molar-refractivity contribution is 0.0761. The Hall–Kier alpha value is -0.560. The zero-order valence-corrected chi connectivity index (χ0v) is 16.6. The maximum atomic E-state index is 12.5. The molecule has 0 atom stereocenters. The van der Waals surface area contributed by atoms with Crippen LogP contribution in [0.15, 0.2) is 23.6 Å². The predicted octanol–water partition coefficient (Wildman–Crippen LogP) is 4.40. The highest BCUT2D eigenvalue weighted by Gasteiger charge is 2.20. The number of hydrogen-bond acceptors (Lipinski definition) is 4. The Morgan fingerprint density at radius 2 is 2.00 bits per heavy atom. The Morgan fingerprint density at radius 3 is 2.75 bits per heavy atom. The number of carbonyl (C=O) groups excluding carboxylic acids is 1. The van der Waals surface area contributed by atoms with Gasteiger partial charge in [-0.05, 0) is 31.2 Å². The molecular formula is C15H17Cl4N3OS. The van der Waals surface area contributed by atoms with E-state index >= 15 is 0 Å². The van der Waals surface area contributed by atoms with Gasteiger partial charge in [-0.1, -0.05) is 23.2 Å². The third-order valence-electron chi connectivity index (χ3n) is 3.51. The molecule has 132 valence electrons. The number of rotatable bonds is 2. The molecule has 0 unspecified atom stereocenters. The van der Waals surface area contributed by atoms with Gasteiger partial charge in [0.2, 0.25) is 0 Å². The summed E-state index contributed by atoms with van der Waals surface area (Å²) in [5, 5.41) is 6.94. The van der Waals surface area contributed by atoms with Crippen LogP contribution >= 0.6 is 59.4 Å². The first-order valence-electron chi connectivity index (χ1n) is 7.06. The van der Waals surface area contributed by atoms with Crippen molar-refractivity contribution < 1.29 is 4.79 Å². The lowest BCUT2D eigenvalue weighted by Gasteiger charge is -2.18.